The van der Waals surface area contributed by atoms with E-state index in [9.17, 15) is 8.42 Å². The molecule has 1 aliphatic carbocycles. The fraction of sp³-hybridized carbons (Fsp3) is 0.214. The van der Waals surface area contributed by atoms with E-state index in [4.69, 9.17) is 5.73 Å². The molecule has 0 fully saturated rings. The molecular formula is C14H15N3O2S. The summed E-state index contributed by atoms with van der Waals surface area (Å²) in [5, 5.41) is 0. The van der Waals surface area contributed by atoms with Crippen LogP contribution in [0.5, 0.6) is 0 Å². The van der Waals surface area contributed by atoms with Crippen molar-refractivity contribution in [3.63, 3.8) is 0 Å². The number of nitrogens with two attached hydrogens (primary N) is 1. The topological polar surface area (TPSA) is 85.1 Å². The van der Waals surface area contributed by atoms with Gasteiger partial charge < -0.3 is 5.73 Å². The number of nitrogens with one attached hydrogen (secondary N) is 1. The summed E-state index contributed by atoms with van der Waals surface area (Å²) in [5.74, 6) is 0.293. The smallest absolute Gasteiger partial charge is 0.263 e. The van der Waals surface area contributed by atoms with Gasteiger partial charge in [0.25, 0.3) is 10.0 Å². The van der Waals surface area contributed by atoms with Crippen molar-refractivity contribution in [1.29, 1.82) is 0 Å². The van der Waals surface area contributed by atoms with Gasteiger partial charge in [-0.15, -0.1) is 0 Å². The number of pyridine rings is 1. The Labute approximate surface area is 117 Å². The SMILES string of the molecule is Nc1ccc(S(=O)(=O)Nc2ccc3c(c2)CCC3)cn1. The van der Waals surface area contributed by atoms with Crippen molar-refractivity contribution in [2.45, 2.75) is 24.2 Å². The number of nitrogens with zero attached hydrogens (tertiary/aromatic N) is 1. The summed E-state index contributed by atoms with van der Waals surface area (Å²) in [6.07, 6.45) is 4.47. The van der Waals surface area contributed by atoms with Crippen molar-refractivity contribution in [3.05, 3.63) is 47.7 Å². The first-order valence-electron chi connectivity index (χ1n) is 6.41. The van der Waals surface area contributed by atoms with E-state index >= 15 is 0 Å². The van der Waals surface area contributed by atoms with Crippen molar-refractivity contribution in [2.75, 3.05) is 10.5 Å². The minimum atomic E-state index is -3.62. The highest BCUT2D eigenvalue weighted by Crippen LogP contribution is 2.26. The zero-order valence-corrected chi connectivity index (χ0v) is 11.7. The Morgan fingerprint density at radius 1 is 1.10 bits per heavy atom. The van der Waals surface area contributed by atoms with Crippen LogP contribution in [0, 0.1) is 0 Å². The standard InChI is InChI=1S/C14H15N3O2S/c15-14-7-6-13(9-16-14)20(18,19)17-12-5-4-10-2-1-3-11(10)8-12/h4-9,17H,1-3H2,(H2,15,16). The van der Waals surface area contributed by atoms with E-state index in [2.05, 4.69) is 9.71 Å². The molecule has 3 rings (SSSR count). The normalized spacial score (nSPS) is 14.0. The fourth-order valence-electron chi connectivity index (χ4n) is 2.40. The third kappa shape index (κ3) is 2.46. The van der Waals surface area contributed by atoms with E-state index in [1.54, 1.807) is 6.07 Å². The Hall–Kier alpha value is -2.08. The molecule has 5 nitrogen and oxygen atoms in total. The second kappa shape index (κ2) is 4.79. The van der Waals surface area contributed by atoms with Crippen molar-refractivity contribution in [1.82, 2.24) is 4.98 Å². The molecule has 104 valence electrons. The molecule has 1 aromatic heterocycles. The van der Waals surface area contributed by atoms with Gasteiger partial charge in [-0.05, 0) is 54.7 Å². The highest BCUT2D eigenvalue weighted by Gasteiger charge is 2.16. The number of fused-ring (bicyclic) bond motifs is 1. The number of benzene rings is 1. The molecule has 20 heavy (non-hydrogen) atoms. The van der Waals surface area contributed by atoms with Gasteiger partial charge in [-0.25, -0.2) is 13.4 Å². The number of nitrogen functional groups attached to an aromatic ring is 1. The molecule has 0 radical (unpaired) electrons. The molecular weight excluding hydrogens is 274 g/mol. The zero-order chi connectivity index (χ0) is 14.2. The van der Waals surface area contributed by atoms with Gasteiger partial charge >= 0.3 is 0 Å². The predicted octanol–water partition coefficient (Wildman–Crippen LogP) is 1.95. The summed E-state index contributed by atoms with van der Waals surface area (Å²) in [7, 11) is -3.62. The number of aromatic nitrogens is 1. The summed E-state index contributed by atoms with van der Waals surface area (Å²) in [5.41, 5.74) is 8.57. The van der Waals surface area contributed by atoms with Crippen LogP contribution in [-0.2, 0) is 22.9 Å². The van der Waals surface area contributed by atoms with Crippen LogP contribution in [0.25, 0.3) is 0 Å². The largest absolute Gasteiger partial charge is 0.384 e. The van der Waals surface area contributed by atoms with Gasteiger partial charge in [-0.2, -0.15) is 0 Å². The van der Waals surface area contributed by atoms with Crippen LogP contribution >= 0.6 is 0 Å². The molecule has 0 bridgehead atoms. The molecule has 6 heteroatoms. The van der Waals surface area contributed by atoms with Gasteiger partial charge in [0.05, 0.1) is 0 Å². The molecule has 0 saturated heterocycles. The first-order valence-corrected chi connectivity index (χ1v) is 7.89. The lowest BCUT2D eigenvalue weighted by Gasteiger charge is -2.09. The van der Waals surface area contributed by atoms with E-state index < -0.39 is 10.0 Å². The number of rotatable bonds is 3. The Balaban J connectivity index is 1.88. The molecule has 1 aliphatic rings. The number of hydrogen-bond donors (Lipinski definition) is 2. The Kier molecular flexibility index (Phi) is 3.10. The van der Waals surface area contributed by atoms with Crippen molar-refractivity contribution < 1.29 is 8.42 Å². The van der Waals surface area contributed by atoms with Crippen molar-refractivity contribution in [3.8, 4) is 0 Å². The van der Waals surface area contributed by atoms with Gasteiger partial charge in [-0.3, -0.25) is 4.72 Å². The monoisotopic (exact) mass is 289 g/mol. The minimum absolute atomic E-state index is 0.104. The molecule has 0 spiro atoms. The minimum Gasteiger partial charge on any atom is -0.384 e. The first-order chi connectivity index (χ1) is 9.54. The van der Waals surface area contributed by atoms with Crippen LogP contribution in [0.4, 0.5) is 11.5 Å². The molecule has 0 saturated carbocycles. The van der Waals surface area contributed by atoms with E-state index in [0.29, 0.717) is 11.5 Å². The number of sulfonamides is 1. The van der Waals surface area contributed by atoms with Crippen LogP contribution in [0.3, 0.4) is 0 Å². The Bertz CT molecular complexity index is 740. The van der Waals surface area contributed by atoms with Crippen LogP contribution in [-0.4, -0.2) is 13.4 Å². The highest BCUT2D eigenvalue weighted by atomic mass is 32.2. The van der Waals surface area contributed by atoms with Gasteiger partial charge in [0.15, 0.2) is 0 Å². The summed E-state index contributed by atoms with van der Waals surface area (Å²) in [4.78, 5) is 3.91. The van der Waals surface area contributed by atoms with Gasteiger partial charge in [0, 0.05) is 11.9 Å². The van der Waals surface area contributed by atoms with E-state index in [1.807, 2.05) is 12.1 Å². The third-order valence-corrected chi connectivity index (χ3v) is 4.79. The maximum Gasteiger partial charge on any atom is 0.263 e. The molecule has 2 aromatic rings. The maximum atomic E-state index is 12.2. The summed E-state index contributed by atoms with van der Waals surface area (Å²) >= 11 is 0. The predicted molar refractivity (Wildman–Crippen MR) is 77.9 cm³/mol. The van der Waals surface area contributed by atoms with Crippen molar-refractivity contribution in [2.24, 2.45) is 0 Å². The van der Waals surface area contributed by atoms with E-state index in [1.165, 1.54) is 29.5 Å². The molecule has 0 aliphatic heterocycles. The maximum absolute atomic E-state index is 12.2. The fourth-order valence-corrected chi connectivity index (χ4v) is 3.39. The van der Waals surface area contributed by atoms with Gasteiger partial charge in [-0.1, -0.05) is 6.07 Å². The van der Waals surface area contributed by atoms with Crippen LogP contribution in [0.15, 0.2) is 41.4 Å². The number of anilines is 2. The second-order valence-corrected chi connectivity index (χ2v) is 6.54. The lowest BCUT2D eigenvalue weighted by molar-refractivity contribution is 0.601. The molecule has 3 N–H and O–H groups in total. The van der Waals surface area contributed by atoms with Gasteiger partial charge in [0.2, 0.25) is 0 Å². The summed E-state index contributed by atoms with van der Waals surface area (Å²) < 4.78 is 27.0. The van der Waals surface area contributed by atoms with Crippen LogP contribution in [0.2, 0.25) is 0 Å². The van der Waals surface area contributed by atoms with Crippen LogP contribution in [0.1, 0.15) is 17.5 Å². The summed E-state index contributed by atoms with van der Waals surface area (Å²) in [6.45, 7) is 0. The lowest BCUT2D eigenvalue weighted by atomic mass is 10.1. The summed E-state index contributed by atoms with van der Waals surface area (Å²) in [6, 6.07) is 8.60. The first kappa shape index (κ1) is 12.9. The molecule has 1 aromatic carbocycles. The number of hydrogen-bond acceptors (Lipinski definition) is 4. The number of aryl methyl sites for hydroxylation is 2. The lowest BCUT2D eigenvalue weighted by Crippen LogP contribution is -2.13. The molecule has 0 atom stereocenters. The Morgan fingerprint density at radius 2 is 1.90 bits per heavy atom. The highest BCUT2D eigenvalue weighted by molar-refractivity contribution is 7.92. The molecule has 0 unspecified atom stereocenters. The molecule has 0 amide bonds. The zero-order valence-electron chi connectivity index (χ0n) is 10.8. The quantitative estimate of drug-likeness (QED) is 0.904. The Morgan fingerprint density at radius 3 is 2.65 bits per heavy atom. The van der Waals surface area contributed by atoms with E-state index in [-0.39, 0.29) is 4.90 Å². The average Bonchev–Trinajstić information content (AvgIpc) is 2.86. The van der Waals surface area contributed by atoms with E-state index in [0.717, 1.165) is 19.3 Å². The molecule has 1 heterocycles. The average molecular weight is 289 g/mol. The third-order valence-electron chi connectivity index (χ3n) is 3.42. The van der Waals surface area contributed by atoms with Gasteiger partial charge in [0.1, 0.15) is 10.7 Å². The second-order valence-electron chi connectivity index (χ2n) is 4.86. The van der Waals surface area contributed by atoms with Crippen molar-refractivity contribution >= 4 is 21.5 Å². The van der Waals surface area contributed by atoms with Crippen LogP contribution < -0.4 is 10.5 Å².